The Kier molecular flexibility index (Phi) is 5.13. The van der Waals surface area contributed by atoms with Gasteiger partial charge in [0.1, 0.15) is 23.1 Å². The van der Waals surface area contributed by atoms with E-state index in [1.807, 2.05) is 7.05 Å². The average Bonchev–Trinajstić information content (AvgIpc) is 2.64. The summed E-state index contributed by atoms with van der Waals surface area (Å²) >= 11 is 0. The Labute approximate surface area is 153 Å². The van der Waals surface area contributed by atoms with Gasteiger partial charge in [0.05, 0.1) is 12.5 Å². The van der Waals surface area contributed by atoms with Crippen molar-refractivity contribution >= 4 is 28.8 Å². The number of carboxylic acids is 1. The van der Waals surface area contributed by atoms with Crippen LogP contribution in [0.1, 0.15) is 10.4 Å². The van der Waals surface area contributed by atoms with Crippen LogP contribution in [-0.2, 0) is 0 Å². The van der Waals surface area contributed by atoms with Gasteiger partial charge in [-0.3, -0.25) is 4.79 Å². The fraction of sp³-hybridized carbons (Fsp3) is 0.333. The first-order valence-electron chi connectivity index (χ1n) is 8.28. The molecule has 1 fully saturated rings. The number of aromatic nitrogens is 1. The summed E-state index contributed by atoms with van der Waals surface area (Å²) in [6.07, 6.45) is 2.15. The third kappa shape index (κ3) is 3.25. The number of carbonyl (C=O) groups is 1. The number of pyridine rings is 1. The number of carboxylic acid groups (broad SMARTS) is 1. The molecule has 0 radical (unpaired) electrons. The lowest BCUT2D eigenvalue weighted by molar-refractivity contribution is 0.0695. The number of aromatic carboxylic acids is 1. The predicted molar refractivity (Wildman–Crippen MR) is 97.8 cm³/mol. The number of nitrogens with zero attached hydrogens (tertiary/aromatic N) is 3. The van der Waals surface area contributed by atoms with E-state index in [9.17, 15) is 23.5 Å². The van der Waals surface area contributed by atoms with Gasteiger partial charge in [-0.1, -0.05) is 0 Å². The van der Waals surface area contributed by atoms with Crippen LogP contribution in [0, 0.1) is 5.82 Å². The summed E-state index contributed by atoms with van der Waals surface area (Å²) in [5, 5.41) is 9.03. The molecule has 27 heavy (non-hydrogen) atoms. The monoisotopic (exact) mass is 379 g/mol. The zero-order valence-electron chi connectivity index (χ0n) is 14.9. The molecule has 2 heterocycles. The van der Waals surface area contributed by atoms with Crippen molar-refractivity contribution in [3.63, 3.8) is 0 Å². The van der Waals surface area contributed by atoms with Gasteiger partial charge in [-0.2, -0.15) is 0 Å². The number of piperazine rings is 1. The highest BCUT2D eigenvalue weighted by molar-refractivity contribution is 5.97. The second-order valence-electron chi connectivity index (χ2n) is 6.29. The first-order valence-corrected chi connectivity index (χ1v) is 8.28. The smallest absolute Gasteiger partial charge is 0.341 e. The van der Waals surface area contributed by atoms with Crippen LogP contribution in [0.5, 0.6) is 5.75 Å². The zero-order chi connectivity index (χ0) is 19.7. The molecule has 1 aliphatic rings. The van der Waals surface area contributed by atoms with Crippen LogP contribution in [0.25, 0.3) is 17.1 Å². The van der Waals surface area contributed by atoms with E-state index < -0.39 is 22.8 Å². The second-order valence-corrected chi connectivity index (χ2v) is 6.29. The number of fused-ring (bicyclic) bond motifs is 1. The summed E-state index contributed by atoms with van der Waals surface area (Å²) in [5.41, 5.74) is -1.17. The average molecular weight is 379 g/mol. The van der Waals surface area contributed by atoms with Crippen molar-refractivity contribution in [1.29, 1.82) is 0 Å². The molecule has 3 rings (SSSR count). The van der Waals surface area contributed by atoms with Crippen LogP contribution in [0.15, 0.2) is 23.4 Å². The van der Waals surface area contributed by atoms with Crippen molar-refractivity contribution in [1.82, 2.24) is 9.47 Å². The van der Waals surface area contributed by atoms with Gasteiger partial charge in [0.25, 0.3) is 0 Å². The van der Waals surface area contributed by atoms with Gasteiger partial charge >= 0.3 is 5.97 Å². The van der Waals surface area contributed by atoms with E-state index in [1.165, 1.54) is 7.11 Å². The highest BCUT2D eigenvalue weighted by atomic mass is 19.1. The van der Waals surface area contributed by atoms with Gasteiger partial charge in [-0.05, 0) is 13.1 Å². The number of methoxy groups -OCH3 is 1. The highest BCUT2D eigenvalue weighted by Gasteiger charge is 2.26. The quantitative estimate of drug-likeness (QED) is 0.876. The van der Waals surface area contributed by atoms with Gasteiger partial charge in [0, 0.05) is 38.6 Å². The molecule has 9 heteroatoms. The number of halogens is 2. The molecule has 7 nitrogen and oxygen atoms in total. The van der Waals surface area contributed by atoms with E-state index in [0.29, 0.717) is 13.1 Å². The van der Waals surface area contributed by atoms with E-state index >= 15 is 0 Å². The number of hydrogen-bond donors (Lipinski definition) is 1. The number of hydrogen-bond acceptors (Lipinski definition) is 5. The Morgan fingerprint density at radius 2 is 1.96 bits per heavy atom. The van der Waals surface area contributed by atoms with E-state index in [0.717, 1.165) is 36.1 Å². The van der Waals surface area contributed by atoms with Crippen molar-refractivity contribution in [2.24, 2.45) is 0 Å². The van der Waals surface area contributed by atoms with Crippen molar-refractivity contribution in [2.45, 2.75) is 0 Å². The molecule has 0 aliphatic carbocycles. The van der Waals surface area contributed by atoms with Crippen molar-refractivity contribution in [2.75, 3.05) is 45.2 Å². The normalized spacial score (nSPS) is 15.6. The van der Waals surface area contributed by atoms with Gasteiger partial charge in [-0.25, -0.2) is 13.6 Å². The molecule has 0 saturated carbocycles. The standard InChI is InChI=1S/C18H19F2N3O4/c1-21-5-7-22(8-6-21)15-13(20)9-11-14(17(15)27-2)23(4-3-19)10-12(16(11)24)18(25)26/h3-4,9-10H,5-8H2,1-2H3,(H,25,26)/b4-3-. The number of rotatable bonds is 4. The van der Waals surface area contributed by atoms with Gasteiger partial charge in [0.15, 0.2) is 11.6 Å². The Morgan fingerprint density at radius 1 is 1.30 bits per heavy atom. The zero-order valence-corrected chi connectivity index (χ0v) is 14.9. The second kappa shape index (κ2) is 7.36. The Morgan fingerprint density at radius 3 is 2.52 bits per heavy atom. The lowest BCUT2D eigenvalue weighted by Crippen LogP contribution is -2.45. The molecule has 0 unspecified atom stereocenters. The van der Waals surface area contributed by atoms with Gasteiger partial charge < -0.3 is 24.2 Å². The maximum Gasteiger partial charge on any atom is 0.341 e. The van der Waals surface area contributed by atoms with E-state index in [-0.39, 0.29) is 28.7 Å². The largest absolute Gasteiger partial charge is 0.492 e. The van der Waals surface area contributed by atoms with Gasteiger partial charge in [0.2, 0.25) is 5.43 Å². The summed E-state index contributed by atoms with van der Waals surface area (Å²) in [4.78, 5) is 27.8. The third-order valence-corrected chi connectivity index (χ3v) is 4.67. The molecule has 1 N–H and O–H groups in total. The Bertz CT molecular complexity index is 979. The first-order chi connectivity index (χ1) is 12.9. The molecular formula is C18H19F2N3O4. The first kappa shape index (κ1) is 18.8. The molecule has 1 aromatic carbocycles. The molecule has 2 aromatic rings. The maximum absolute atomic E-state index is 15.0. The molecule has 0 atom stereocenters. The van der Waals surface area contributed by atoms with Crippen molar-refractivity contribution in [3.8, 4) is 5.75 Å². The molecule has 144 valence electrons. The van der Waals surface area contributed by atoms with E-state index in [4.69, 9.17) is 4.74 Å². The maximum atomic E-state index is 15.0. The third-order valence-electron chi connectivity index (χ3n) is 4.67. The van der Waals surface area contributed by atoms with Crippen molar-refractivity contribution in [3.05, 3.63) is 40.2 Å². The topological polar surface area (TPSA) is 75.0 Å². The minimum atomic E-state index is -1.48. The molecule has 1 aromatic heterocycles. The predicted octanol–water partition coefficient (Wildman–Crippen LogP) is 2.00. The number of ether oxygens (including phenoxy) is 1. The summed E-state index contributed by atoms with van der Waals surface area (Å²) < 4.78 is 34.4. The summed E-state index contributed by atoms with van der Waals surface area (Å²) in [5.74, 6) is -2.12. The van der Waals surface area contributed by atoms with E-state index in [1.54, 1.807) is 4.90 Å². The van der Waals surface area contributed by atoms with Crippen molar-refractivity contribution < 1.29 is 23.4 Å². The number of anilines is 1. The lowest BCUT2D eigenvalue weighted by Gasteiger charge is -2.35. The Balaban J connectivity index is 2.36. The fourth-order valence-corrected chi connectivity index (χ4v) is 3.29. The SMILES string of the molecule is COc1c(N2CCN(C)CC2)c(F)cc2c(=O)c(C(=O)O)cn(/C=C\F)c12. The molecule has 0 bridgehead atoms. The summed E-state index contributed by atoms with van der Waals surface area (Å²) in [7, 11) is 3.29. The lowest BCUT2D eigenvalue weighted by atomic mass is 10.1. The Hall–Kier alpha value is -2.94. The molecule has 0 spiro atoms. The molecule has 0 amide bonds. The molecular weight excluding hydrogens is 360 g/mol. The fourth-order valence-electron chi connectivity index (χ4n) is 3.29. The molecule has 1 aliphatic heterocycles. The van der Waals surface area contributed by atoms with Crippen LogP contribution in [0.4, 0.5) is 14.5 Å². The molecule has 1 saturated heterocycles. The van der Waals surface area contributed by atoms with Gasteiger partial charge in [-0.15, -0.1) is 0 Å². The number of benzene rings is 1. The number of likely N-dealkylation sites (N-methyl/N-ethyl adjacent to an activating group) is 1. The summed E-state index contributed by atoms with van der Waals surface area (Å²) in [6, 6.07) is 0.989. The highest BCUT2D eigenvalue weighted by Crippen LogP contribution is 2.38. The minimum Gasteiger partial charge on any atom is -0.492 e. The van der Waals surface area contributed by atoms with Crippen LogP contribution in [0.3, 0.4) is 0 Å². The van der Waals surface area contributed by atoms with Crippen LogP contribution >= 0.6 is 0 Å². The van der Waals surface area contributed by atoms with E-state index in [2.05, 4.69) is 4.90 Å². The minimum absolute atomic E-state index is 0.0571. The van der Waals surface area contributed by atoms with Crippen LogP contribution in [0.2, 0.25) is 0 Å². The van der Waals surface area contributed by atoms with Crippen LogP contribution in [-0.4, -0.2) is 60.9 Å². The van der Waals surface area contributed by atoms with Crippen LogP contribution < -0.4 is 15.1 Å². The summed E-state index contributed by atoms with van der Waals surface area (Å²) in [6.45, 7) is 2.53.